The molecule has 32 heavy (non-hydrogen) atoms. The van der Waals surface area contributed by atoms with Gasteiger partial charge in [0.2, 0.25) is 5.91 Å². The van der Waals surface area contributed by atoms with E-state index in [4.69, 9.17) is 25.5 Å². The molecule has 8 nitrogen and oxygen atoms in total. The Balaban J connectivity index is 1.85. The van der Waals surface area contributed by atoms with E-state index in [9.17, 15) is 19.5 Å². The lowest BCUT2D eigenvalue weighted by atomic mass is 10.0. The van der Waals surface area contributed by atoms with Gasteiger partial charge in [-0.25, -0.2) is 9.59 Å². The topological polar surface area (TPSA) is 115 Å². The minimum Gasteiger partial charge on any atom is -0.493 e. The minimum absolute atomic E-state index is 0.0700. The third-order valence-electron chi connectivity index (χ3n) is 5.12. The van der Waals surface area contributed by atoms with Crippen molar-refractivity contribution >= 4 is 34.4 Å². The Morgan fingerprint density at radius 3 is 2.34 bits per heavy atom. The number of aryl methyl sites for hydroxylation is 1. The summed E-state index contributed by atoms with van der Waals surface area (Å²) in [4.78, 5) is 36.8. The highest BCUT2D eigenvalue weighted by Gasteiger charge is 2.23. The second-order valence-electron chi connectivity index (χ2n) is 7.16. The van der Waals surface area contributed by atoms with Crippen LogP contribution in [0.4, 0.5) is 0 Å². The minimum atomic E-state index is -1.19. The first-order chi connectivity index (χ1) is 15.2. The number of fused-ring (bicyclic) bond motifs is 1. The molecule has 0 unspecified atom stereocenters. The molecule has 0 saturated heterocycles. The quantitative estimate of drug-likeness (QED) is 0.497. The predicted molar refractivity (Wildman–Crippen MR) is 119 cm³/mol. The summed E-state index contributed by atoms with van der Waals surface area (Å²) in [5, 5.41) is 13.1. The predicted octanol–water partition coefficient (Wildman–Crippen LogP) is 3.13. The highest BCUT2D eigenvalue weighted by molar-refractivity contribution is 6.30. The summed E-state index contributed by atoms with van der Waals surface area (Å²) in [6, 6.07) is 8.70. The lowest BCUT2D eigenvalue weighted by molar-refractivity contribution is -0.141. The fraction of sp³-hybridized carbons (Fsp3) is 0.261. The van der Waals surface area contributed by atoms with Crippen LogP contribution in [0.3, 0.4) is 0 Å². The molecule has 2 N–H and O–H groups in total. The number of aliphatic carboxylic acids is 1. The number of hydrogen-bond acceptors (Lipinski definition) is 6. The number of carboxylic acid groups (broad SMARTS) is 1. The molecule has 1 aromatic heterocycles. The van der Waals surface area contributed by atoms with E-state index in [0.29, 0.717) is 38.6 Å². The number of carbonyl (C=O) groups excluding carboxylic acids is 1. The molecule has 168 valence electrons. The van der Waals surface area contributed by atoms with Crippen molar-refractivity contribution in [3.8, 4) is 11.5 Å². The Bertz CT molecular complexity index is 1220. The Morgan fingerprint density at radius 2 is 1.75 bits per heavy atom. The van der Waals surface area contributed by atoms with Crippen LogP contribution in [-0.2, 0) is 22.4 Å². The monoisotopic (exact) mass is 459 g/mol. The molecule has 0 aliphatic heterocycles. The largest absolute Gasteiger partial charge is 0.493 e. The number of halogens is 1. The van der Waals surface area contributed by atoms with E-state index in [0.717, 1.165) is 0 Å². The molecule has 0 radical (unpaired) electrons. The fourth-order valence-corrected chi connectivity index (χ4v) is 3.51. The number of carbonyl (C=O) groups is 2. The van der Waals surface area contributed by atoms with Gasteiger partial charge in [0, 0.05) is 22.9 Å². The second kappa shape index (κ2) is 9.74. The Hall–Kier alpha value is -3.52. The molecule has 9 heteroatoms. The third-order valence-corrected chi connectivity index (χ3v) is 5.37. The summed E-state index contributed by atoms with van der Waals surface area (Å²) in [6.07, 6.45) is -0.261. The van der Waals surface area contributed by atoms with Gasteiger partial charge >= 0.3 is 11.6 Å². The van der Waals surface area contributed by atoms with Crippen molar-refractivity contribution in [2.45, 2.75) is 25.8 Å². The van der Waals surface area contributed by atoms with Crippen LogP contribution < -0.4 is 20.4 Å². The van der Waals surface area contributed by atoms with Gasteiger partial charge in [-0.3, -0.25) is 4.79 Å². The van der Waals surface area contributed by atoms with Crippen LogP contribution in [0.5, 0.6) is 11.5 Å². The highest BCUT2D eigenvalue weighted by Crippen LogP contribution is 2.33. The maximum Gasteiger partial charge on any atom is 0.340 e. The van der Waals surface area contributed by atoms with Gasteiger partial charge in [0.1, 0.15) is 11.6 Å². The number of hydrogen-bond donors (Lipinski definition) is 2. The molecule has 1 atom stereocenters. The number of ether oxygens (including phenoxy) is 2. The molecular weight excluding hydrogens is 438 g/mol. The molecule has 0 bridgehead atoms. The molecule has 3 aromatic rings. The zero-order valence-corrected chi connectivity index (χ0v) is 18.5. The maximum absolute atomic E-state index is 12.6. The average Bonchev–Trinajstić information content (AvgIpc) is 2.76. The van der Waals surface area contributed by atoms with Gasteiger partial charge in [-0.1, -0.05) is 23.7 Å². The first kappa shape index (κ1) is 23.1. The number of methoxy groups -OCH3 is 2. The Morgan fingerprint density at radius 1 is 1.12 bits per heavy atom. The molecule has 3 rings (SSSR count). The zero-order valence-electron chi connectivity index (χ0n) is 17.7. The van der Waals surface area contributed by atoms with Crippen molar-refractivity contribution in [3.05, 3.63) is 68.5 Å². The smallest absolute Gasteiger partial charge is 0.340 e. The van der Waals surface area contributed by atoms with Gasteiger partial charge in [0.25, 0.3) is 0 Å². The van der Waals surface area contributed by atoms with Crippen molar-refractivity contribution in [2.75, 3.05) is 14.2 Å². The van der Waals surface area contributed by atoms with Crippen molar-refractivity contribution in [2.24, 2.45) is 0 Å². The molecule has 0 aliphatic carbocycles. The van der Waals surface area contributed by atoms with Crippen LogP contribution >= 0.6 is 11.6 Å². The first-order valence-electron chi connectivity index (χ1n) is 9.68. The lowest BCUT2D eigenvalue weighted by Gasteiger charge is -2.16. The van der Waals surface area contributed by atoms with Crippen LogP contribution in [0.15, 0.2) is 45.6 Å². The van der Waals surface area contributed by atoms with Crippen molar-refractivity contribution in [1.82, 2.24) is 5.32 Å². The van der Waals surface area contributed by atoms with Crippen molar-refractivity contribution < 1.29 is 28.6 Å². The van der Waals surface area contributed by atoms with Gasteiger partial charge in [-0.2, -0.15) is 0 Å². The lowest BCUT2D eigenvalue weighted by Crippen LogP contribution is -2.43. The van der Waals surface area contributed by atoms with Crippen molar-refractivity contribution in [1.29, 1.82) is 0 Å². The van der Waals surface area contributed by atoms with Crippen LogP contribution in [-0.4, -0.2) is 37.2 Å². The maximum atomic E-state index is 12.6. The van der Waals surface area contributed by atoms with Crippen LogP contribution in [0.2, 0.25) is 5.02 Å². The van der Waals surface area contributed by atoms with Gasteiger partial charge in [-0.05, 0) is 36.2 Å². The van der Waals surface area contributed by atoms with E-state index in [2.05, 4.69) is 5.32 Å². The molecule has 1 heterocycles. The van der Waals surface area contributed by atoms with Crippen LogP contribution in [0.25, 0.3) is 11.0 Å². The van der Waals surface area contributed by atoms with Gasteiger partial charge < -0.3 is 24.3 Å². The van der Waals surface area contributed by atoms with Crippen molar-refractivity contribution in [3.63, 3.8) is 0 Å². The van der Waals surface area contributed by atoms with E-state index in [1.807, 2.05) is 0 Å². The Labute approximate surface area is 188 Å². The fourth-order valence-electron chi connectivity index (χ4n) is 3.38. The molecule has 0 spiro atoms. The highest BCUT2D eigenvalue weighted by atomic mass is 35.5. The number of amides is 1. The molecule has 2 aromatic carbocycles. The van der Waals surface area contributed by atoms with E-state index in [1.165, 1.54) is 14.2 Å². The summed E-state index contributed by atoms with van der Waals surface area (Å²) in [7, 11) is 2.95. The molecule has 0 fully saturated rings. The summed E-state index contributed by atoms with van der Waals surface area (Å²) >= 11 is 5.85. The summed E-state index contributed by atoms with van der Waals surface area (Å²) in [5.74, 6) is -0.949. The number of benzene rings is 2. The molecule has 0 saturated carbocycles. The van der Waals surface area contributed by atoms with Crippen LogP contribution in [0, 0.1) is 6.92 Å². The van der Waals surface area contributed by atoms with Gasteiger partial charge in [0.05, 0.1) is 26.2 Å². The van der Waals surface area contributed by atoms with E-state index in [1.54, 1.807) is 43.3 Å². The number of nitrogens with one attached hydrogen (secondary N) is 1. The third kappa shape index (κ3) is 5.03. The van der Waals surface area contributed by atoms with E-state index >= 15 is 0 Å². The molecule has 1 amide bonds. The van der Waals surface area contributed by atoms with Crippen LogP contribution in [0.1, 0.15) is 16.7 Å². The zero-order chi connectivity index (χ0) is 23.4. The molecule has 0 aliphatic rings. The average molecular weight is 460 g/mol. The van der Waals surface area contributed by atoms with Gasteiger partial charge in [0.15, 0.2) is 11.5 Å². The second-order valence-corrected chi connectivity index (χ2v) is 7.60. The molecular formula is C23H22ClNO7. The first-order valence-corrected chi connectivity index (χ1v) is 10.1. The number of rotatable bonds is 8. The summed E-state index contributed by atoms with van der Waals surface area (Å²) in [5.41, 5.74) is 0.988. The van der Waals surface area contributed by atoms with E-state index in [-0.39, 0.29) is 18.4 Å². The summed E-state index contributed by atoms with van der Waals surface area (Å²) in [6.45, 7) is 1.69. The normalized spacial score (nSPS) is 11.8. The standard InChI is InChI=1S/C23H22ClNO7/c1-12-15-9-19(30-2)20(31-3)11-18(15)32-23(29)16(12)10-21(26)25-17(22(27)28)8-13-4-6-14(24)7-5-13/h4-7,9,11,17H,8,10H2,1-3H3,(H,25,26)(H,27,28)/t17-/m0/s1. The number of carboxylic acids is 1. The summed E-state index contributed by atoms with van der Waals surface area (Å²) < 4.78 is 15.9. The van der Waals surface area contributed by atoms with Gasteiger partial charge in [-0.15, -0.1) is 0 Å². The Kier molecular flexibility index (Phi) is 7.05. The van der Waals surface area contributed by atoms with E-state index < -0.39 is 23.5 Å². The SMILES string of the molecule is COc1cc2oc(=O)c(CC(=O)N[C@@H](Cc3ccc(Cl)cc3)C(=O)O)c(C)c2cc1OC.